The fourth-order valence-electron chi connectivity index (χ4n) is 2.06. The summed E-state index contributed by atoms with van der Waals surface area (Å²) in [7, 11) is 1.68. The molecule has 1 heterocycles. The van der Waals surface area contributed by atoms with Gasteiger partial charge in [0.05, 0.1) is 12.8 Å². The Hall–Kier alpha value is -2.10. The van der Waals surface area contributed by atoms with E-state index in [9.17, 15) is 0 Å². The first kappa shape index (κ1) is 12.4. The van der Waals surface area contributed by atoms with Crippen LogP contribution >= 0.6 is 0 Å². The summed E-state index contributed by atoms with van der Waals surface area (Å²) in [5.74, 6) is 1.39. The van der Waals surface area contributed by atoms with Gasteiger partial charge in [-0.15, -0.1) is 10.2 Å². The molecule has 0 spiro atoms. The highest BCUT2D eigenvalue weighted by molar-refractivity contribution is 5.65. The second-order valence-electron chi connectivity index (χ2n) is 4.44. The summed E-state index contributed by atoms with van der Waals surface area (Å²) >= 11 is 0. The summed E-state index contributed by atoms with van der Waals surface area (Å²) in [5.41, 5.74) is 10.6. The minimum Gasteiger partial charge on any atom is -0.496 e. The topological polar surface area (TPSA) is 61.0 Å². The third-order valence-electron chi connectivity index (χ3n) is 2.98. The first-order chi connectivity index (χ1) is 8.52. The van der Waals surface area contributed by atoms with Gasteiger partial charge in [-0.2, -0.15) is 0 Å². The Bertz CT molecular complexity index is 571. The average Bonchev–Trinajstić information content (AvgIpc) is 2.32. The van der Waals surface area contributed by atoms with E-state index in [0.29, 0.717) is 5.82 Å². The molecule has 0 bridgehead atoms. The van der Waals surface area contributed by atoms with Crippen molar-refractivity contribution in [3.63, 3.8) is 0 Å². The highest BCUT2D eigenvalue weighted by atomic mass is 16.5. The van der Waals surface area contributed by atoms with Crippen molar-refractivity contribution in [3.8, 4) is 17.0 Å². The van der Waals surface area contributed by atoms with Crippen LogP contribution in [0.4, 0.5) is 5.82 Å². The summed E-state index contributed by atoms with van der Waals surface area (Å²) in [6, 6.07) is 6.04. The van der Waals surface area contributed by atoms with Crippen molar-refractivity contribution in [1.29, 1.82) is 0 Å². The van der Waals surface area contributed by atoms with E-state index in [2.05, 4.69) is 10.2 Å². The van der Waals surface area contributed by atoms with Gasteiger partial charge in [0.1, 0.15) is 11.6 Å². The lowest BCUT2D eigenvalue weighted by molar-refractivity contribution is 0.408. The Morgan fingerprint density at radius 2 is 1.56 bits per heavy atom. The van der Waals surface area contributed by atoms with Crippen molar-refractivity contribution in [2.24, 2.45) is 0 Å². The molecular weight excluding hydrogens is 226 g/mol. The number of hydrogen-bond donors (Lipinski definition) is 1. The number of hydrogen-bond acceptors (Lipinski definition) is 4. The Morgan fingerprint density at radius 3 is 2.06 bits per heavy atom. The molecule has 2 N–H and O–H groups in total. The number of aryl methyl sites for hydroxylation is 3. The SMILES string of the molecule is COc1c(C)cc(-c2cc(C)c(N)nn2)cc1C. The van der Waals surface area contributed by atoms with E-state index in [4.69, 9.17) is 10.5 Å². The number of ether oxygens (including phenoxy) is 1. The van der Waals surface area contributed by atoms with Gasteiger partial charge in [0.25, 0.3) is 0 Å². The normalized spacial score (nSPS) is 10.4. The van der Waals surface area contributed by atoms with Crippen LogP contribution in [0.2, 0.25) is 0 Å². The van der Waals surface area contributed by atoms with Crippen LogP contribution in [0.1, 0.15) is 16.7 Å². The lowest BCUT2D eigenvalue weighted by Crippen LogP contribution is -1.99. The molecule has 1 aromatic carbocycles. The van der Waals surface area contributed by atoms with Crippen LogP contribution in [0.5, 0.6) is 5.75 Å². The van der Waals surface area contributed by atoms with Gasteiger partial charge in [-0.05, 0) is 55.7 Å². The quantitative estimate of drug-likeness (QED) is 0.880. The summed E-state index contributed by atoms with van der Waals surface area (Å²) in [4.78, 5) is 0. The van der Waals surface area contributed by atoms with Crippen molar-refractivity contribution >= 4 is 5.82 Å². The van der Waals surface area contributed by atoms with Crippen molar-refractivity contribution in [2.75, 3.05) is 12.8 Å². The van der Waals surface area contributed by atoms with Gasteiger partial charge in [-0.3, -0.25) is 0 Å². The van der Waals surface area contributed by atoms with Crippen LogP contribution in [-0.2, 0) is 0 Å². The van der Waals surface area contributed by atoms with Crippen molar-refractivity contribution in [1.82, 2.24) is 10.2 Å². The second kappa shape index (κ2) is 4.64. The van der Waals surface area contributed by atoms with Crippen molar-refractivity contribution in [2.45, 2.75) is 20.8 Å². The predicted octanol–water partition coefficient (Wildman–Crippen LogP) is 2.66. The zero-order chi connectivity index (χ0) is 13.3. The first-order valence-corrected chi connectivity index (χ1v) is 5.78. The van der Waals surface area contributed by atoms with E-state index in [1.54, 1.807) is 7.11 Å². The van der Waals surface area contributed by atoms with Crippen LogP contribution < -0.4 is 10.5 Å². The smallest absolute Gasteiger partial charge is 0.149 e. The maximum absolute atomic E-state index is 5.68. The summed E-state index contributed by atoms with van der Waals surface area (Å²) in [6.07, 6.45) is 0. The number of nitrogen functional groups attached to an aromatic ring is 1. The Morgan fingerprint density at radius 1 is 0.944 bits per heavy atom. The van der Waals surface area contributed by atoms with E-state index in [1.165, 1.54) is 0 Å². The molecule has 94 valence electrons. The number of rotatable bonds is 2. The van der Waals surface area contributed by atoms with Gasteiger partial charge in [0.15, 0.2) is 0 Å². The molecule has 4 nitrogen and oxygen atoms in total. The third-order valence-corrected chi connectivity index (χ3v) is 2.98. The highest BCUT2D eigenvalue weighted by Crippen LogP contribution is 2.29. The van der Waals surface area contributed by atoms with E-state index in [0.717, 1.165) is 33.7 Å². The molecule has 2 aromatic rings. The van der Waals surface area contributed by atoms with E-state index < -0.39 is 0 Å². The maximum atomic E-state index is 5.68. The predicted molar refractivity (Wildman–Crippen MR) is 72.6 cm³/mol. The van der Waals surface area contributed by atoms with Crippen molar-refractivity contribution in [3.05, 3.63) is 34.9 Å². The lowest BCUT2D eigenvalue weighted by atomic mass is 10.0. The summed E-state index contributed by atoms with van der Waals surface area (Å²) in [6.45, 7) is 5.97. The Labute approximate surface area is 107 Å². The standard InChI is InChI=1S/C14H17N3O/c1-8-5-11(6-9(2)13(8)18-4)12-7-10(3)14(15)17-16-12/h5-7H,1-4H3,(H2,15,17). The monoisotopic (exact) mass is 243 g/mol. The molecule has 0 unspecified atom stereocenters. The maximum Gasteiger partial charge on any atom is 0.149 e. The molecule has 0 fully saturated rings. The third kappa shape index (κ3) is 2.14. The number of nitrogens with two attached hydrogens (primary N) is 1. The second-order valence-corrected chi connectivity index (χ2v) is 4.44. The summed E-state index contributed by atoms with van der Waals surface area (Å²) < 4.78 is 5.35. The van der Waals surface area contributed by atoms with Crippen LogP contribution in [0.15, 0.2) is 18.2 Å². The van der Waals surface area contributed by atoms with Crippen LogP contribution in [-0.4, -0.2) is 17.3 Å². The van der Waals surface area contributed by atoms with E-state index >= 15 is 0 Å². The number of nitrogens with zero attached hydrogens (tertiary/aromatic N) is 2. The van der Waals surface area contributed by atoms with Crippen molar-refractivity contribution < 1.29 is 4.74 Å². The number of methoxy groups -OCH3 is 1. The van der Waals surface area contributed by atoms with Gasteiger partial charge in [-0.1, -0.05) is 0 Å². The van der Waals surface area contributed by atoms with E-state index in [-0.39, 0.29) is 0 Å². The molecule has 18 heavy (non-hydrogen) atoms. The average molecular weight is 243 g/mol. The Balaban J connectivity index is 2.54. The van der Waals surface area contributed by atoms with Gasteiger partial charge in [0, 0.05) is 5.56 Å². The molecule has 2 rings (SSSR count). The zero-order valence-electron chi connectivity index (χ0n) is 11.1. The van der Waals surface area contributed by atoms with Gasteiger partial charge in [0.2, 0.25) is 0 Å². The number of aromatic nitrogens is 2. The molecule has 0 radical (unpaired) electrons. The molecule has 0 amide bonds. The van der Waals surface area contributed by atoms with E-state index in [1.807, 2.05) is 39.0 Å². The number of benzene rings is 1. The fourth-order valence-corrected chi connectivity index (χ4v) is 2.06. The zero-order valence-corrected chi connectivity index (χ0v) is 11.1. The molecule has 0 aliphatic heterocycles. The van der Waals surface area contributed by atoms with Gasteiger partial charge in [-0.25, -0.2) is 0 Å². The molecule has 0 saturated carbocycles. The largest absolute Gasteiger partial charge is 0.496 e. The number of anilines is 1. The molecule has 0 aliphatic carbocycles. The first-order valence-electron chi connectivity index (χ1n) is 5.78. The molecule has 0 atom stereocenters. The minimum atomic E-state index is 0.473. The highest BCUT2D eigenvalue weighted by Gasteiger charge is 2.09. The van der Waals surface area contributed by atoms with Crippen LogP contribution in [0.25, 0.3) is 11.3 Å². The minimum absolute atomic E-state index is 0.473. The van der Waals surface area contributed by atoms with Crippen LogP contribution in [0.3, 0.4) is 0 Å². The fraction of sp³-hybridized carbons (Fsp3) is 0.286. The Kier molecular flexibility index (Phi) is 3.19. The van der Waals surface area contributed by atoms with Gasteiger partial charge >= 0.3 is 0 Å². The molecule has 0 aliphatic rings. The molecule has 0 saturated heterocycles. The molecule has 1 aromatic heterocycles. The van der Waals surface area contributed by atoms with Gasteiger partial charge < -0.3 is 10.5 Å². The molecule has 4 heteroatoms. The lowest BCUT2D eigenvalue weighted by Gasteiger charge is -2.11. The molecular formula is C14H17N3O. The van der Waals surface area contributed by atoms with Crippen LogP contribution in [0, 0.1) is 20.8 Å². The summed E-state index contributed by atoms with van der Waals surface area (Å²) in [5, 5.41) is 8.08.